The van der Waals surface area contributed by atoms with Crippen LogP contribution in [0.15, 0.2) is 176 Å². The van der Waals surface area contributed by atoms with Gasteiger partial charge in [-0.05, 0) is 94.0 Å². The summed E-state index contributed by atoms with van der Waals surface area (Å²) in [7, 11) is 0. The topological polar surface area (TPSA) is 33.6 Å². The molecule has 0 bridgehead atoms. The van der Waals surface area contributed by atoms with E-state index in [2.05, 4.69) is 167 Å². The van der Waals surface area contributed by atoms with Crippen LogP contribution in [0.4, 0.5) is 0 Å². The maximum absolute atomic E-state index is 9.39. The molecular formula is C49H29N3. The van der Waals surface area contributed by atoms with E-state index in [1.165, 1.54) is 77.0 Å². The first kappa shape index (κ1) is 28.7. The fourth-order valence-corrected chi connectivity index (χ4v) is 8.54. The summed E-state index contributed by atoms with van der Waals surface area (Å²) in [5.41, 5.74) is 17.3. The predicted octanol–water partition coefficient (Wildman–Crippen LogP) is 12.7. The normalized spacial score (nSPS) is 11.8. The summed E-state index contributed by atoms with van der Waals surface area (Å²) in [5, 5.41) is 14.4. The SMILES string of the molecule is N#Cc1ccc(-c2ccc3c(c2)-c2ccccc2-c2cccc4c5ccc(-c6ccc7c(c6)c6ccccc6n7-c6ccccc6)cc5n-3c24)cc1. The largest absolute Gasteiger partial charge is 0.309 e. The van der Waals surface area contributed by atoms with Crippen LogP contribution in [0.3, 0.4) is 0 Å². The second kappa shape index (κ2) is 10.9. The molecule has 11 rings (SSSR count). The summed E-state index contributed by atoms with van der Waals surface area (Å²) in [5.74, 6) is 0. The Balaban J connectivity index is 1.16. The number of nitriles is 1. The molecule has 240 valence electrons. The Kier molecular flexibility index (Phi) is 6.02. The second-order valence-corrected chi connectivity index (χ2v) is 13.7. The van der Waals surface area contributed by atoms with Gasteiger partial charge in [0.25, 0.3) is 0 Å². The first-order valence-corrected chi connectivity index (χ1v) is 17.7. The number of nitrogens with zero attached hydrogens (tertiary/aromatic N) is 3. The first-order chi connectivity index (χ1) is 25.7. The number of para-hydroxylation sites is 3. The Bertz CT molecular complexity index is 3120. The van der Waals surface area contributed by atoms with E-state index in [0.717, 1.165) is 22.5 Å². The molecule has 0 radical (unpaired) electrons. The quantitative estimate of drug-likeness (QED) is 0.186. The van der Waals surface area contributed by atoms with Crippen molar-refractivity contribution in [3.8, 4) is 62.0 Å². The molecule has 0 unspecified atom stereocenters. The molecule has 0 saturated heterocycles. The van der Waals surface area contributed by atoms with E-state index in [1.807, 2.05) is 24.3 Å². The van der Waals surface area contributed by atoms with Crippen molar-refractivity contribution in [2.45, 2.75) is 0 Å². The summed E-state index contributed by atoms with van der Waals surface area (Å²) in [6, 6.07) is 65.7. The van der Waals surface area contributed by atoms with Crippen molar-refractivity contribution in [3.63, 3.8) is 0 Å². The maximum atomic E-state index is 9.39. The molecule has 1 aliphatic rings. The van der Waals surface area contributed by atoms with Gasteiger partial charge in [0, 0.05) is 38.4 Å². The highest BCUT2D eigenvalue weighted by Crippen LogP contribution is 2.48. The zero-order valence-electron chi connectivity index (χ0n) is 28.1. The van der Waals surface area contributed by atoms with E-state index in [9.17, 15) is 5.26 Å². The molecule has 0 aliphatic carbocycles. The van der Waals surface area contributed by atoms with Gasteiger partial charge in [-0.2, -0.15) is 5.26 Å². The monoisotopic (exact) mass is 659 g/mol. The fourth-order valence-electron chi connectivity index (χ4n) is 8.54. The number of rotatable bonds is 3. The molecule has 8 aromatic carbocycles. The van der Waals surface area contributed by atoms with Gasteiger partial charge >= 0.3 is 0 Å². The second-order valence-electron chi connectivity index (χ2n) is 13.7. The molecule has 3 heterocycles. The van der Waals surface area contributed by atoms with Crippen molar-refractivity contribution in [2.24, 2.45) is 0 Å². The molecule has 10 aromatic rings. The van der Waals surface area contributed by atoms with E-state index in [1.54, 1.807) is 0 Å². The third-order valence-electron chi connectivity index (χ3n) is 10.9. The Labute approximate surface area is 300 Å². The molecule has 0 amide bonds. The van der Waals surface area contributed by atoms with Crippen molar-refractivity contribution in [3.05, 3.63) is 181 Å². The number of fused-ring (bicyclic) bond motifs is 11. The van der Waals surface area contributed by atoms with Gasteiger partial charge in [-0.3, -0.25) is 0 Å². The molecule has 0 fully saturated rings. The van der Waals surface area contributed by atoms with Crippen LogP contribution in [0.25, 0.3) is 99.5 Å². The minimum Gasteiger partial charge on any atom is -0.309 e. The highest BCUT2D eigenvalue weighted by molar-refractivity contribution is 6.17. The molecule has 2 aromatic heterocycles. The van der Waals surface area contributed by atoms with E-state index in [-0.39, 0.29) is 0 Å². The predicted molar refractivity (Wildman–Crippen MR) is 215 cm³/mol. The summed E-state index contributed by atoms with van der Waals surface area (Å²) < 4.78 is 4.86. The molecule has 0 saturated carbocycles. The zero-order chi connectivity index (χ0) is 34.3. The molecule has 0 spiro atoms. The van der Waals surface area contributed by atoms with Gasteiger partial charge in [0.2, 0.25) is 0 Å². The molecular weight excluding hydrogens is 631 g/mol. The number of aromatic nitrogens is 2. The lowest BCUT2D eigenvalue weighted by molar-refractivity contribution is 1.18. The van der Waals surface area contributed by atoms with Crippen LogP contribution in [-0.2, 0) is 0 Å². The fraction of sp³-hybridized carbons (Fsp3) is 0. The maximum Gasteiger partial charge on any atom is 0.0991 e. The van der Waals surface area contributed by atoms with Crippen molar-refractivity contribution in [1.29, 1.82) is 5.26 Å². The van der Waals surface area contributed by atoms with Crippen molar-refractivity contribution in [1.82, 2.24) is 9.13 Å². The van der Waals surface area contributed by atoms with Gasteiger partial charge in [-0.25, -0.2) is 0 Å². The average molecular weight is 660 g/mol. The van der Waals surface area contributed by atoms with Crippen LogP contribution in [0.5, 0.6) is 0 Å². The highest BCUT2D eigenvalue weighted by atomic mass is 15.0. The molecule has 3 heteroatoms. The van der Waals surface area contributed by atoms with Crippen LogP contribution in [-0.4, -0.2) is 9.13 Å². The van der Waals surface area contributed by atoms with Gasteiger partial charge in [-0.15, -0.1) is 0 Å². The van der Waals surface area contributed by atoms with Crippen molar-refractivity contribution < 1.29 is 0 Å². The lowest BCUT2D eigenvalue weighted by Crippen LogP contribution is -1.96. The van der Waals surface area contributed by atoms with E-state index >= 15 is 0 Å². The zero-order valence-corrected chi connectivity index (χ0v) is 28.1. The van der Waals surface area contributed by atoms with Gasteiger partial charge in [0.05, 0.1) is 39.4 Å². The summed E-state index contributed by atoms with van der Waals surface area (Å²) in [6.45, 7) is 0. The third kappa shape index (κ3) is 4.07. The van der Waals surface area contributed by atoms with Crippen LogP contribution >= 0.6 is 0 Å². The minimum absolute atomic E-state index is 0.664. The van der Waals surface area contributed by atoms with Crippen molar-refractivity contribution >= 4 is 43.6 Å². The summed E-state index contributed by atoms with van der Waals surface area (Å²) >= 11 is 0. The van der Waals surface area contributed by atoms with Crippen LogP contribution in [0.2, 0.25) is 0 Å². The van der Waals surface area contributed by atoms with Crippen LogP contribution in [0.1, 0.15) is 5.56 Å². The number of benzene rings is 8. The van der Waals surface area contributed by atoms with E-state index in [4.69, 9.17) is 0 Å². The van der Waals surface area contributed by atoms with E-state index < -0.39 is 0 Å². The molecule has 1 aliphatic heterocycles. The summed E-state index contributed by atoms with van der Waals surface area (Å²) in [6.07, 6.45) is 0. The number of hydrogen-bond acceptors (Lipinski definition) is 1. The molecule has 52 heavy (non-hydrogen) atoms. The minimum atomic E-state index is 0.664. The standard InChI is InChI=1S/C49H29N3/c50-30-31-17-19-32(20-18-31)33-22-26-47-43(27-33)38-12-5-4-11-37(38)41-14-8-15-42-40-24-21-35(29-48(40)52(47)49(41)42)34-23-25-46-44(28-34)39-13-6-7-16-45(39)51(46)36-9-2-1-3-10-36/h1-29H. The number of hydrogen-bond donors (Lipinski definition) is 0. The Morgan fingerprint density at radius 3 is 1.83 bits per heavy atom. The average Bonchev–Trinajstić information content (AvgIpc) is 3.69. The molecule has 0 N–H and O–H groups in total. The van der Waals surface area contributed by atoms with Gasteiger partial charge in [0.1, 0.15) is 0 Å². The van der Waals surface area contributed by atoms with Gasteiger partial charge in [-0.1, -0.05) is 115 Å². The Morgan fingerprint density at radius 1 is 0.365 bits per heavy atom. The highest BCUT2D eigenvalue weighted by Gasteiger charge is 2.25. The third-order valence-corrected chi connectivity index (χ3v) is 10.9. The molecule has 0 atom stereocenters. The Hall–Kier alpha value is -7.15. The van der Waals surface area contributed by atoms with Crippen molar-refractivity contribution in [2.75, 3.05) is 0 Å². The van der Waals surface area contributed by atoms with Crippen LogP contribution < -0.4 is 0 Å². The lowest BCUT2D eigenvalue weighted by Gasteiger charge is -2.15. The molecule has 3 nitrogen and oxygen atoms in total. The van der Waals surface area contributed by atoms with E-state index in [0.29, 0.717) is 5.56 Å². The van der Waals surface area contributed by atoms with Gasteiger partial charge in [0.15, 0.2) is 0 Å². The van der Waals surface area contributed by atoms with Crippen LogP contribution in [0, 0.1) is 11.3 Å². The smallest absolute Gasteiger partial charge is 0.0991 e. The summed E-state index contributed by atoms with van der Waals surface area (Å²) in [4.78, 5) is 0. The lowest BCUT2D eigenvalue weighted by atomic mass is 9.91. The Morgan fingerprint density at radius 2 is 0.981 bits per heavy atom. The first-order valence-electron chi connectivity index (χ1n) is 17.7. The van der Waals surface area contributed by atoms with Gasteiger partial charge < -0.3 is 9.13 Å².